The number of fused-ring (bicyclic) bond motifs is 1. The van der Waals surface area contributed by atoms with E-state index in [9.17, 15) is 27.9 Å². The van der Waals surface area contributed by atoms with Gasteiger partial charge in [-0.15, -0.1) is 0 Å². The second-order valence-corrected chi connectivity index (χ2v) is 8.65. The number of rotatable bonds is 5. The molecule has 0 radical (unpaired) electrons. The van der Waals surface area contributed by atoms with Crippen LogP contribution in [0, 0.1) is 0 Å². The zero-order chi connectivity index (χ0) is 28.0. The number of aromatic hydroxyl groups is 1. The molecule has 38 heavy (non-hydrogen) atoms. The highest BCUT2D eigenvalue weighted by Crippen LogP contribution is 2.29. The Morgan fingerprint density at radius 2 is 1.79 bits per heavy atom. The minimum absolute atomic E-state index is 0.118. The van der Waals surface area contributed by atoms with Gasteiger partial charge in [0.1, 0.15) is 17.6 Å². The number of hydrogen-bond acceptors (Lipinski definition) is 10. The van der Waals surface area contributed by atoms with E-state index >= 15 is 0 Å². The maximum atomic E-state index is 12.6. The lowest BCUT2D eigenvalue weighted by molar-refractivity contribution is -0.192. The van der Waals surface area contributed by atoms with E-state index < -0.39 is 18.1 Å². The molecule has 0 saturated carbocycles. The highest BCUT2D eigenvalue weighted by molar-refractivity contribution is 7.22. The lowest BCUT2D eigenvalue weighted by atomic mass is 10.1. The number of thiazole rings is 1. The first-order valence-corrected chi connectivity index (χ1v) is 11.5. The molecule has 3 aromatic rings. The molecule has 1 aliphatic heterocycles. The Bertz CT molecular complexity index is 1330. The molecular weight excluding hydrogens is 537 g/mol. The van der Waals surface area contributed by atoms with Crippen molar-refractivity contribution in [3.05, 3.63) is 35.7 Å². The van der Waals surface area contributed by atoms with Gasteiger partial charge in [0.2, 0.25) is 5.88 Å². The van der Waals surface area contributed by atoms with Crippen LogP contribution in [0.15, 0.2) is 24.5 Å². The number of ether oxygens (including phenoxy) is 1. The average molecular weight is 558 g/mol. The topological polar surface area (TPSA) is 178 Å². The second-order valence-electron chi connectivity index (χ2n) is 7.67. The Hall–Kier alpha value is -4.25. The van der Waals surface area contributed by atoms with Gasteiger partial charge in [-0.3, -0.25) is 10.2 Å². The van der Waals surface area contributed by atoms with E-state index in [-0.39, 0.29) is 17.3 Å². The normalized spacial score (nSPS) is 13.9. The number of urea groups is 1. The Kier molecular flexibility index (Phi) is 8.84. The quantitative estimate of drug-likeness (QED) is 0.362. The van der Waals surface area contributed by atoms with Gasteiger partial charge in [0, 0.05) is 38.3 Å². The molecule has 1 aromatic carbocycles. The van der Waals surface area contributed by atoms with Gasteiger partial charge in [-0.1, -0.05) is 23.5 Å². The predicted molar refractivity (Wildman–Crippen MR) is 126 cm³/mol. The molecule has 2 aromatic heterocycles. The summed E-state index contributed by atoms with van der Waals surface area (Å²) in [7, 11) is 1.50. The summed E-state index contributed by atoms with van der Waals surface area (Å²) in [6.45, 7) is 2.55. The molecule has 1 saturated heterocycles. The maximum Gasteiger partial charge on any atom is 0.490 e. The van der Waals surface area contributed by atoms with Crippen molar-refractivity contribution >= 4 is 44.8 Å². The van der Waals surface area contributed by atoms with Gasteiger partial charge in [-0.2, -0.15) is 18.2 Å². The zero-order valence-corrected chi connectivity index (χ0v) is 20.4. The first kappa shape index (κ1) is 28.3. The molecule has 204 valence electrons. The van der Waals surface area contributed by atoms with Crippen molar-refractivity contribution in [3.63, 3.8) is 0 Å². The highest BCUT2D eigenvalue weighted by atomic mass is 32.1. The summed E-state index contributed by atoms with van der Waals surface area (Å²) < 4.78 is 36.9. The first-order chi connectivity index (χ1) is 17.9. The summed E-state index contributed by atoms with van der Waals surface area (Å²) >= 11 is 1.24. The van der Waals surface area contributed by atoms with E-state index in [0.29, 0.717) is 59.6 Å². The number of hydrogen-bond donors (Lipinski definition) is 4. The number of phenols is 1. The van der Waals surface area contributed by atoms with Gasteiger partial charge in [0.15, 0.2) is 15.5 Å². The van der Waals surface area contributed by atoms with Crippen LogP contribution in [0.5, 0.6) is 11.6 Å². The van der Waals surface area contributed by atoms with Gasteiger partial charge >= 0.3 is 24.1 Å². The van der Waals surface area contributed by atoms with Crippen molar-refractivity contribution in [3.8, 4) is 11.6 Å². The van der Waals surface area contributed by atoms with Crippen LogP contribution in [0.1, 0.15) is 15.9 Å². The molecule has 17 heteroatoms. The van der Waals surface area contributed by atoms with Crippen LogP contribution in [0.4, 0.5) is 23.1 Å². The average Bonchev–Trinajstić information content (AvgIpc) is 3.28. The van der Waals surface area contributed by atoms with Crippen molar-refractivity contribution in [2.24, 2.45) is 0 Å². The predicted octanol–water partition coefficient (Wildman–Crippen LogP) is 2.48. The van der Waals surface area contributed by atoms with Crippen molar-refractivity contribution < 1.29 is 47.6 Å². The van der Waals surface area contributed by atoms with E-state index in [1.165, 1.54) is 30.8 Å². The minimum Gasteiger partial charge on any atom is -0.507 e. The number of nitrogens with zero attached hydrogens (tertiary/aromatic N) is 5. The summed E-state index contributed by atoms with van der Waals surface area (Å²) in [6, 6.07) is 4.42. The van der Waals surface area contributed by atoms with Crippen LogP contribution in [-0.2, 0) is 11.3 Å². The number of halogens is 3. The van der Waals surface area contributed by atoms with Crippen molar-refractivity contribution in [2.45, 2.75) is 12.7 Å². The van der Waals surface area contributed by atoms with Gasteiger partial charge in [-0.25, -0.2) is 24.4 Å². The van der Waals surface area contributed by atoms with E-state index in [0.717, 1.165) is 0 Å². The number of carboxylic acid groups (broad SMARTS) is 2. The minimum atomic E-state index is -5.08. The molecule has 2 amide bonds. The number of piperazine rings is 1. The number of alkyl halides is 3. The molecule has 0 unspecified atom stereocenters. The summed E-state index contributed by atoms with van der Waals surface area (Å²) in [5, 5.41) is 29.7. The van der Waals surface area contributed by atoms with Crippen LogP contribution in [0.2, 0.25) is 0 Å². The number of carbonyl (C=O) groups is 3. The first-order valence-electron chi connectivity index (χ1n) is 10.7. The lowest BCUT2D eigenvalue weighted by Gasteiger charge is -2.34. The fourth-order valence-electron chi connectivity index (χ4n) is 3.35. The van der Waals surface area contributed by atoms with Crippen molar-refractivity contribution in [1.82, 2.24) is 24.8 Å². The SMILES string of the molecule is COc1ncnc2sc(NC(=O)N3CCN(Cc4cccc(C(=O)O)c4O)CC3)nc12.O=C(O)C(F)(F)F. The highest BCUT2D eigenvalue weighted by Gasteiger charge is 2.38. The molecular formula is C21H21F3N6O7S. The van der Waals surface area contributed by atoms with E-state index in [2.05, 4.69) is 25.2 Å². The standard InChI is InChI=1S/C19H20N6O5S.C2HF3O2/c1-30-15-13-16(21-10-20-15)31-18(22-13)23-19(29)25-7-5-24(6-8-25)9-11-3-2-4-12(14(11)26)17(27)28;3-2(4,5)1(6)7/h2-4,10,26H,5-9H2,1H3,(H,27,28)(H,22,23,29);(H,6,7). The Morgan fingerprint density at radius 3 is 2.37 bits per heavy atom. The summed E-state index contributed by atoms with van der Waals surface area (Å²) in [5.74, 6) is -3.79. The molecule has 0 spiro atoms. The third kappa shape index (κ3) is 6.94. The Balaban J connectivity index is 0.000000505. The number of nitrogens with one attached hydrogen (secondary N) is 1. The van der Waals surface area contributed by atoms with Crippen LogP contribution < -0.4 is 10.1 Å². The number of benzene rings is 1. The van der Waals surface area contributed by atoms with Gasteiger partial charge in [0.25, 0.3) is 0 Å². The third-order valence-electron chi connectivity index (χ3n) is 5.21. The fourth-order valence-corrected chi connectivity index (χ4v) is 4.14. The number of amides is 2. The number of aromatic nitrogens is 3. The van der Waals surface area contributed by atoms with Gasteiger partial charge in [0.05, 0.1) is 7.11 Å². The molecule has 13 nitrogen and oxygen atoms in total. The molecule has 4 N–H and O–H groups in total. The van der Waals surface area contributed by atoms with Crippen molar-refractivity contribution in [2.75, 3.05) is 38.6 Å². The van der Waals surface area contributed by atoms with E-state index in [1.807, 2.05) is 0 Å². The molecule has 0 atom stereocenters. The number of aromatic carboxylic acids is 1. The number of carbonyl (C=O) groups excluding carboxylic acids is 1. The molecule has 0 aliphatic carbocycles. The van der Waals surface area contributed by atoms with E-state index in [1.54, 1.807) is 17.0 Å². The largest absolute Gasteiger partial charge is 0.507 e. The smallest absolute Gasteiger partial charge is 0.490 e. The van der Waals surface area contributed by atoms with Crippen molar-refractivity contribution in [1.29, 1.82) is 0 Å². The number of para-hydroxylation sites is 1. The van der Waals surface area contributed by atoms with Gasteiger partial charge in [-0.05, 0) is 6.07 Å². The number of aliphatic carboxylic acids is 1. The summed E-state index contributed by atoms with van der Waals surface area (Å²) in [6.07, 6.45) is -3.70. The molecule has 3 heterocycles. The number of carboxylic acids is 2. The number of anilines is 1. The van der Waals surface area contributed by atoms with E-state index in [4.69, 9.17) is 19.7 Å². The zero-order valence-electron chi connectivity index (χ0n) is 19.6. The molecule has 1 fully saturated rings. The summed E-state index contributed by atoms with van der Waals surface area (Å²) in [5.41, 5.74) is 0.925. The Labute approximate surface area is 216 Å². The fraction of sp³-hybridized carbons (Fsp3) is 0.333. The number of methoxy groups -OCH3 is 1. The van der Waals surface area contributed by atoms with Crippen LogP contribution >= 0.6 is 11.3 Å². The second kappa shape index (κ2) is 11.9. The molecule has 0 bridgehead atoms. The third-order valence-corrected chi connectivity index (χ3v) is 6.09. The van der Waals surface area contributed by atoms with Gasteiger partial charge < -0.3 is 25.0 Å². The van der Waals surface area contributed by atoms with Crippen LogP contribution in [0.25, 0.3) is 10.3 Å². The molecule has 1 aliphatic rings. The monoisotopic (exact) mass is 558 g/mol. The van der Waals surface area contributed by atoms with Crippen LogP contribution in [-0.4, -0.2) is 97.5 Å². The van der Waals surface area contributed by atoms with Crippen LogP contribution in [0.3, 0.4) is 0 Å². The maximum absolute atomic E-state index is 12.6. The Morgan fingerprint density at radius 1 is 1.13 bits per heavy atom. The molecule has 4 rings (SSSR count). The lowest BCUT2D eigenvalue weighted by Crippen LogP contribution is -2.49. The summed E-state index contributed by atoms with van der Waals surface area (Å²) in [4.78, 5) is 49.6.